The lowest BCUT2D eigenvalue weighted by molar-refractivity contribution is -0.114. The van der Waals surface area contributed by atoms with Gasteiger partial charge >= 0.3 is 0 Å². The number of carbonyl (C=O) groups excluding carboxylic acids is 1. The Morgan fingerprint density at radius 2 is 2.00 bits per heavy atom. The van der Waals surface area contributed by atoms with Crippen molar-refractivity contribution in [3.63, 3.8) is 0 Å². The summed E-state index contributed by atoms with van der Waals surface area (Å²) in [5.41, 5.74) is 12.4. The summed E-state index contributed by atoms with van der Waals surface area (Å²) >= 11 is 0. The van der Waals surface area contributed by atoms with E-state index in [1.165, 1.54) is 0 Å². The molecular weight excluding hydrogens is 188 g/mol. The number of hydrogen-bond acceptors (Lipinski definition) is 2. The Balaban J connectivity index is 2.99. The van der Waals surface area contributed by atoms with E-state index in [0.717, 1.165) is 5.56 Å². The molecule has 15 heavy (non-hydrogen) atoms. The first kappa shape index (κ1) is 11.5. The van der Waals surface area contributed by atoms with E-state index >= 15 is 0 Å². The van der Waals surface area contributed by atoms with Gasteiger partial charge in [0.15, 0.2) is 0 Å². The van der Waals surface area contributed by atoms with Crippen molar-refractivity contribution in [2.75, 3.05) is 6.54 Å². The molecule has 0 aliphatic rings. The van der Waals surface area contributed by atoms with Crippen LogP contribution < -0.4 is 11.5 Å². The molecule has 4 N–H and O–H groups in total. The number of rotatable bonds is 4. The molecule has 0 spiro atoms. The number of hydrogen-bond donors (Lipinski definition) is 2. The van der Waals surface area contributed by atoms with Crippen molar-refractivity contribution < 1.29 is 4.79 Å². The predicted octanol–water partition coefficient (Wildman–Crippen LogP) is 1.15. The highest BCUT2D eigenvalue weighted by Crippen LogP contribution is 2.13. The molecule has 3 nitrogen and oxygen atoms in total. The highest BCUT2D eigenvalue weighted by molar-refractivity contribution is 5.97. The summed E-state index contributed by atoms with van der Waals surface area (Å²) in [6, 6.07) is 9.60. The minimum absolute atomic E-state index is 0.0114. The SMILES string of the molecule is CC(CN)/C(=C/c1ccccc1)C(N)=O. The van der Waals surface area contributed by atoms with Crippen molar-refractivity contribution in [3.8, 4) is 0 Å². The number of amides is 1. The molecule has 1 unspecified atom stereocenters. The Hall–Kier alpha value is -1.61. The fraction of sp³-hybridized carbons (Fsp3) is 0.250. The van der Waals surface area contributed by atoms with Crippen LogP contribution in [-0.2, 0) is 4.79 Å². The lowest BCUT2D eigenvalue weighted by atomic mass is 9.98. The van der Waals surface area contributed by atoms with Gasteiger partial charge in [-0.15, -0.1) is 0 Å². The fourth-order valence-electron chi connectivity index (χ4n) is 1.31. The van der Waals surface area contributed by atoms with Gasteiger partial charge in [0.25, 0.3) is 0 Å². The Kier molecular flexibility index (Phi) is 4.06. The molecule has 1 rings (SSSR count). The van der Waals surface area contributed by atoms with Crippen LogP contribution >= 0.6 is 0 Å². The Bertz CT molecular complexity index is 357. The van der Waals surface area contributed by atoms with E-state index in [4.69, 9.17) is 11.5 Å². The third kappa shape index (κ3) is 3.22. The van der Waals surface area contributed by atoms with E-state index in [9.17, 15) is 4.79 Å². The van der Waals surface area contributed by atoms with Crippen molar-refractivity contribution in [1.29, 1.82) is 0 Å². The van der Waals surface area contributed by atoms with E-state index in [1.54, 1.807) is 6.08 Å². The maximum atomic E-state index is 11.2. The highest BCUT2D eigenvalue weighted by Gasteiger charge is 2.12. The minimum atomic E-state index is -0.406. The van der Waals surface area contributed by atoms with Crippen LogP contribution in [0.2, 0.25) is 0 Å². The molecule has 0 fully saturated rings. The van der Waals surface area contributed by atoms with E-state index in [-0.39, 0.29) is 5.92 Å². The van der Waals surface area contributed by atoms with Gasteiger partial charge in [-0.1, -0.05) is 37.3 Å². The molecule has 0 radical (unpaired) electrons. The third-order valence-electron chi connectivity index (χ3n) is 2.29. The monoisotopic (exact) mass is 204 g/mol. The van der Waals surface area contributed by atoms with Crippen molar-refractivity contribution in [2.24, 2.45) is 17.4 Å². The van der Waals surface area contributed by atoms with E-state index in [1.807, 2.05) is 37.3 Å². The first-order valence-corrected chi connectivity index (χ1v) is 4.91. The molecule has 0 aliphatic carbocycles. The first-order chi connectivity index (χ1) is 7.15. The number of primary amides is 1. The topological polar surface area (TPSA) is 69.1 Å². The number of benzene rings is 1. The molecule has 1 aromatic carbocycles. The second kappa shape index (κ2) is 5.32. The quantitative estimate of drug-likeness (QED) is 0.722. The summed E-state index contributed by atoms with van der Waals surface area (Å²) in [5, 5.41) is 0. The Labute approximate surface area is 89.8 Å². The van der Waals surface area contributed by atoms with Crippen LogP contribution in [0, 0.1) is 5.92 Å². The van der Waals surface area contributed by atoms with Crippen LogP contribution in [0.3, 0.4) is 0 Å². The second-order valence-corrected chi connectivity index (χ2v) is 3.51. The Morgan fingerprint density at radius 1 is 1.40 bits per heavy atom. The van der Waals surface area contributed by atoms with Gasteiger partial charge in [0.05, 0.1) is 0 Å². The van der Waals surface area contributed by atoms with Gasteiger partial charge in [0, 0.05) is 5.57 Å². The third-order valence-corrected chi connectivity index (χ3v) is 2.29. The zero-order valence-corrected chi connectivity index (χ0v) is 8.81. The van der Waals surface area contributed by atoms with E-state index in [2.05, 4.69) is 0 Å². The molecule has 0 bridgehead atoms. The summed E-state index contributed by atoms with van der Waals surface area (Å²) < 4.78 is 0. The second-order valence-electron chi connectivity index (χ2n) is 3.51. The molecular formula is C12H16N2O. The molecule has 0 aromatic heterocycles. The van der Waals surface area contributed by atoms with Crippen LogP contribution in [0.1, 0.15) is 12.5 Å². The van der Waals surface area contributed by atoms with E-state index < -0.39 is 5.91 Å². The smallest absolute Gasteiger partial charge is 0.244 e. The van der Waals surface area contributed by atoms with Gasteiger partial charge in [-0.2, -0.15) is 0 Å². The zero-order valence-electron chi connectivity index (χ0n) is 8.81. The Morgan fingerprint density at radius 3 is 2.47 bits per heavy atom. The summed E-state index contributed by atoms with van der Waals surface area (Å²) in [6.07, 6.45) is 1.79. The summed E-state index contributed by atoms with van der Waals surface area (Å²) in [6.45, 7) is 2.31. The molecule has 3 heteroatoms. The van der Waals surface area contributed by atoms with Gasteiger partial charge in [-0.05, 0) is 24.1 Å². The maximum absolute atomic E-state index is 11.2. The van der Waals surface area contributed by atoms with Gasteiger partial charge in [-0.3, -0.25) is 4.79 Å². The molecule has 0 heterocycles. The van der Waals surface area contributed by atoms with Crippen LogP contribution in [0.25, 0.3) is 6.08 Å². The average molecular weight is 204 g/mol. The largest absolute Gasteiger partial charge is 0.366 e. The summed E-state index contributed by atoms with van der Waals surface area (Å²) in [5.74, 6) is -0.417. The normalized spacial score (nSPS) is 13.6. The number of nitrogens with two attached hydrogens (primary N) is 2. The van der Waals surface area contributed by atoms with Crippen molar-refractivity contribution in [2.45, 2.75) is 6.92 Å². The maximum Gasteiger partial charge on any atom is 0.244 e. The molecule has 80 valence electrons. The van der Waals surface area contributed by atoms with E-state index in [0.29, 0.717) is 12.1 Å². The summed E-state index contributed by atoms with van der Waals surface area (Å²) in [7, 11) is 0. The van der Waals surface area contributed by atoms with Crippen molar-refractivity contribution in [1.82, 2.24) is 0 Å². The summed E-state index contributed by atoms with van der Waals surface area (Å²) in [4.78, 5) is 11.2. The fourth-order valence-corrected chi connectivity index (χ4v) is 1.31. The molecule has 0 saturated heterocycles. The van der Waals surface area contributed by atoms with Crippen molar-refractivity contribution >= 4 is 12.0 Å². The van der Waals surface area contributed by atoms with Crippen LogP contribution in [0.5, 0.6) is 0 Å². The van der Waals surface area contributed by atoms with Crippen LogP contribution in [0.15, 0.2) is 35.9 Å². The standard InChI is InChI=1S/C12H16N2O/c1-9(8-13)11(12(14)15)7-10-5-3-2-4-6-10/h2-7,9H,8,13H2,1H3,(H2,14,15)/b11-7-. The lowest BCUT2D eigenvalue weighted by Crippen LogP contribution is -2.23. The predicted molar refractivity (Wildman–Crippen MR) is 61.8 cm³/mol. The van der Waals surface area contributed by atoms with Crippen LogP contribution in [0.4, 0.5) is 0 Å². The molecule has 1 aromatic rings. The first-order valence-electron chi connectivity index (χ1n) is 4.91. The molecule has 1 atom stereocenters. The van der Waals surface area contributed by atoms with Crippen LogP contribution in [-0.4, -0.2) is 12.5 Å². The van der Waals surface area contributed by atoms with Gasteiger partial charge < -0.3 is 11.5 Å². The minimum Gasteiger partial charge on any atom is -0.366 e. The van der Waals surface area contributed by atoms with Gasteiger partial charge in [0.2, 0.25) is 5.91 Å². The van der Waals surface area contributed by atoms with Crippen molar-refractivity contribution in [3.05, 3.63) is 41.5 Å². The number of carbonyl (C=O) groups is 1. The molecule has 1 amide bonds. The van der Waals surface area contributed by atoms with Gasteiger partial charge in [0.1, 0.15) is 0 Å². The molecule has 0 saturated carbocycles. The average Bonchev–Trinajstić information content (AvgIpc) is 2.26. The lowest BCUT2D eigenvalue weighted by Gasteiger charge is -2.10. The van der Waals surface area contributed by atoms with Gasteiger partial charge in [-0.25, -0.2) is 0 Å². The highest BCUT2D eigenvalue weighted by atomic mass is 16.1. The zero-order chi connectivity index (χ0) is 11.3. The molecule has 0 aliphatic heterocycles.